The van der Waals surface area contributed by atoms with Crippen molar-refractivity contribution >= 4 is 28.1 Å². The van der Waals surface area contributed by atoms with Crippen LogP contribution in [-0.4, -0.2) is 14.8 Å². The molecule has 0 fully saturated rings. The van der Waals surface area contributed by atoms with Gasteiger partial charge in [0.05, 0.1) is 0 Å². The average molecular weight is 270 g/mol. The van der Waals surface area contributed by atoms with E-state index in [2.05, 4.69) is 26.1 Å². The average Bonchev–Trinajstić information content (AvgIpc) is 2.50. The van der Waals surface area contributed by atoms with Gasteiger partial charge in [-0.25, -0.2) is 0 Å². The Kier molecular flexibility index (Phi) is 2.52. The van der Waals surface area contributed by atoms with Crippen LogP contribution in [0.15, 0.2) is 28.7 Å². The fourth-order valence-corrected chi connectivity index (χ4v) is 1.60. The SMILES string of the molecule is Cn1c(-c2ccc(Br)cc2)n[nH]c1=S. The van der Waals surface area contributed by atoms with Crippen molar-refractivity contribution in [1.82, 2.24) is 14.8 Å². The zero-order valence-corrected chi connectivity index (χ0v) is 9.89. The Morgan fingerprint density at radius 3 is 2.50 bits per heavy atom. The van der Waals surface area contributed by atoms with E-state index < -0.39 is 0 Å². The van der Waals surface area contributed by atoms with Crippen LogP contribution in [0.4, 0.5) is 0 Å². The molecule has 0 aliphatic carbocycles. The van der Waals surface area contributed by atoms with Gasteiger partial charge in [-0.15, -0.1) is 0 Å². The zero-order valence-electron chi connectivity index (χ0n) is 7.49. The molecule has 0 radical (unpaired) electrons. The summed E-state index contributed by atoms with van der Waals surface area (Å²) in [6.45, 7) is 0. The van der Waals surface area contributed by atoms with Crippen molar-refractivity contribution in [3.8, 4) is 11.4 Å². The van der Waals surface area contributed by atoms with Gasteiger partial charge in [-0.3, -0.25) is 5.10 Å². The first-order valence-electron chi connectivity index (χ1n) is 4.06. The van der Waals surface area contributed by atoms with Crippen molar-refractivity contribution < 1.29 is 0 Å². The van der Waals surface area contributed by atoms with Crippen LogP contribution in [0.3, 0.4) is 0 Å². The minimum atomic E-state index is 0.628. The maximum absolute atomic E-state index is 5.04. The second kappa shape index (κ2) is 3.67. The van der Waals surface area contributed by atoms with Crippen molar-refractivity contribution in [3.63, 3.8) is 0 Å². The third-order valence-corrected chi connectivity index (χ3v) is 2.88. The topological polar surface area (TPSA) is 33.6 Å². The normalized spacial score (nSPS) is 10.4. The van der Waals surface area contributed by atoms with Crippen LogP contribution in [0, 0.1) is 4.77 Å². The molecule has 5 heteroatoms. The minimum Gasteiger partial charge on any atom is -0.303 e. The number of aromatic nitrogens is 3. The molecule has 0 bridgehead atoms. The highest BCUT2D eigenvalue weighted by molar-refractivity contribution is 9.10. The monoisotopic (exact) mass is 269 g/mol. The molecule has 1 aromatic heterocycles. The van der Waals surface area contributed by atoms with E-state index in [4.69, 9.17) is 12.2 Å². The van der Waals surface area contributed by atoms with Crippen molar-refractivity contribution in [1.29, 1.82) is 0 Å². The molecule has 72 valence electrons. The molecule has 0 aliphatic heterocycles. The van der Waals surface area contributed by atoms with Gasteiger partial charge in [0, 0.05) is 17.1 Å². The lowest BCUT2D eigenvalue weighted by Gasteiger charge is -1.99. The lowest BCUT2D eigenvalue weighted by atomic mass is 10.2. The molecular weight excluding hydrogens is 262 g/mol. The van der Waals surface area contributed by atoms with Gasteiger partial charge in [0.2, 0.25) is 0 Å². The third kappa shape index (κ3) is 1.65. The molecule has 0 saturated carbocycles. The van der Waals surface area contributed by atoms with Crippen LogP contribution in [0.25, 0.3) is 11.4 Å². The van der Waals surface area contributed by atoms with Crippen molar-refractivity contribution in [2.75, 3.05) is 0 Å². The molecule has 1 heterocycles. The lowest BCUT2D eigenvalue weighted by Crippen LogP contribution is -1.91. The van der Waals surface area contributed by atoms with Gasteiger partial charge in [-0.1, -0.05) is 28.1 Å². The number of H-pyrrole nitrogens is 1. The van der Waals surface area contributed by atoms with Gasteiger partial charge in [-0.2, -0.15) is 5.10 Å². The third-order valence-electron chi connectivity index (χ3n) is 1.98. The Hall–Kier alpha value is -0.940. The Bertz CT molecular complexity index is 498. The van der Waals surface area contributed by atoms with Crippen LogP contribution in [-0.2, 0) is 7.05 Å². The number of rotatable bonds is 1. The molecule has 3 nitrogen and oxygen atoms in total. The highest BCUT2D eigenvalue weighted by Crippen LogP contribution is 2.19. The second-order valence-corrected chi connectivity index (χ2v) is 4.22. The van der Waals surface area contributed by atoms with E-state index in [1.54, 1.807) is 0 Å². The molecular formula is C9H8BrN3S. The maximum atomic E-state index is 5.04. The van der Waals surface area contributed by atoms with Crippen molar-refractivity contribution in [2.45, 2.75) is 0 Å². The van der Waals surface area contributed by atoms with Crippen molar-refractivity contribution in [2.24, 2.45) is 7.05 Å². The lowest BCUT2D eigenvalue weighted by molar-refractivity contribution is 0.902. The molecule has 0 atom stereocenters. The summed E-state index contributed by atoms with van der Waals surface area (Å²) >= 11 is 8.42. The Balaban J connectivity index is 2.55. The molecule has 2 rings (SSSR count). The molecule has 0 aliphatic rings. The summed E-state index contributed by atoms with van der Waals surface area (Å²) in [5.74, 6) is 0.850. The fourth-order valence-electron chi connectivity index (χ4n) is 1.20. The van der Waals surface area contributed by atoms with Gasteiger partial charge >= 0.3 is 0 Å². The Morgan fingerprint density at radius 1 is 1.36 bits per heavy atom. The number of benzene rings is 1. The molecule has 0 spiro atoms. The van der Waals surface area contributed by atoms with E-state index in [1.807, 2.05) is 35.9 Å². The Morgan fingerprint density at radius 2 is 2.00 bits per heavy atom. The van der Waals surface area contributed by atoms with Crippen LogP contribution in [0.5, 0.6) is 0 Å². The van der Waals surface area contributed by atoms with Crippen molar-refractivity contribution in [3.05, 3.63) is 33.5 Å². The first-order valence-corrected chi connectivity index (χ1v) is 5.26. The summed E-state index contributed by atoms with van der Waals surface area (Å²) in [5, 5.41) is 6.90. The summed E-state index contributed by atoms with van der Waals surface area (Å²) < 4.78 is 3.53. The minimum absolute atomic E-state index is 0.628. The first-order chi connectivity index (χ1) is 6.68. The summed E-state index contributed by atoms with van der Waals surface area (Å²) in [5.41, 5.74) is 1.04. The Labute approximate surface area is 94.9 Å². The molecule has 14 heavy (non-hydrogen) atoms. The number of aromatic amines is 1. The molecule has 0 unspecified atom stereocenters. The summed E-state index contributed by atoms with van der Waals surface area (Å²) in [6.07, 6.45) is 0. The van der Waals surface area contributed by atoms with E-state index in [1.165, 1.54) is 0 Å². The zero-order chi connectivity index (χ0) is 10.1. The summed E-state index contributed by atoms with van der Waals surface area (Å²) in [6, 6.07) is 7.95. The van der Waals surface area contributed by atoms with Crippen LogP contribution in [0.2, 0.25) is 0 Å². The van der Waals surface area contributed by atoms with E-state index in [0.29, 0.717) is 4.77 Å². The number of nitrogens with zero attached hydrogens (tertiary/aromatic N) is 2. The quantitative estimate of drug-likeness (QED) is 0.808. The predicted molar refractivity (Wildman–Crippen MR) is 61.5 cm³/mol. The standard InChI is InChI=1S/C9H8BrN3S/c1-13-8(11-12-9(13)14)6-2-4-7(10)5-3-6/h2-5H,1H3,(H,12,14). The van der Waals surface area contributed by atoms with Gasteiger partial charge in [0.15, 0.2) is 10.6 Å². The highest BCUT2D eigenvalue weighted by Gasteiger charge is 2.04. The molecule has 0 saturated heterocycles. The predicted octanol–water partition coefficient (Wildman–Crippen LogP) is 2.91. The molecule has 0 amide bonds. The summed E-state index contributed by atoms with van der Waals surface area (Å²) in [7, 11) is 1.89. The van der Waals surface area contributed by atoms with Crippen LogP contribution in [0.1, 0.15) is 0 Å². The molecule has 2 aromatic rings. The maximum Gasteiger partial charge on any atom is 0.195 e. The second-order valence-electron chi connectivity index (χ2n) is 2.92. The largest absolute Gasteiger partial charge is 0.303 e. The van der Waals surface area contributed by atoms with Crippen LogP contribution < -0.4 is 0 Å². The molecule has 1 N–H and O–H groups in total. The van der Waals surface area contributed by atoms with Crippen LogP contribution >= 0.6 is 28.1 Å². The number of hydrogen-bond acceptors (Lipinski definition) is 2. The van der Waals surface area contributed by atoms with E-state index in [-0.39, 0.29) is 0 Å². The van der Waals surface area contributed by atoms with E-state index in [9.17, 15) is 0 Å². The molecule has 1 aromatic carbocycles. The first kappa shape index (κ1) is 9.61. The smallest absolute Gasteiger partial charge is 0.195 e. The van der Waals surface area contributed by atoms with Gasteiger partial charge in [0.25, 0.3) is 0 Å². The van der Waals surface area contributed by atoms with Gasteiger partial charge < -0.3 is 4.57 Å². The number of halogens is 1. The summed E-state index contributed by atoms with van der Waals surface area (Å²) in [4.78, 5) is 0. The number of hydrogen-bond donors (Lipinski definition) is 1. The number of nitrogens with one attached hydrogen (secondary N) is 1. The fraction of sp³-hybridized carbons (Fsp3) is 0.111. The van der Waals surface area contributed by atoms with Gasteiger partial charge in [0.1, 0.15) is 0 Å². The van der Waals surface area contributed by atoms with Gasteiger partial charge in [-0.05, 0) is 24.4 Å². The van der Waals surface area contributed by atoms with E-state index in [0.717, 1.165) is 15.9 Å². The highest BCUT2D eigenvalue weighted by atomic mass is 79.9. The van der Waals surface area contributed by atoms with E-state index >= 15 is 0 Å².